The van der Waals surface area contributed by atoms with E-state index >= 15 is 70.2 Å². The first-order valence-corrected chi connectivity index (χ1v) is 19.7. The van der Waals surface area contributed by atoms with Crippen molar-refractivity contribution in [2.24, 2.45) is 0 Å². The zero-order valence-corrected chi connectivity index (χ0v) is 37.5. The van der Waals surface area contributed by atoms with Crippen LogP contribution < -0.4 is 0 Å². The van der Waals surface area contributed by atoms with E-state index in [9.17, 15) is 52.7 Å². The van der Waals surface area contributed by atoms with Gasteiger partial charge in [-0.25, -0.2) is 9.97 Å². The molecule has 8 bridgehead atoms. The minimum Gasteiger partial charge on any atom is -0.352 e. The van der Waals surface area contributed by atoms with Crippen LogP contribution in [0.15, 0.2) is 0 Å². The first kappa shape index (κ1) is 59.8. The summed E-state index contributed by atoms with van der Waals surface area (Å²) in [6.07, 6.45) is -30.8. The van der Waals surface area contributed by atoms with Gasteiger partial charge in [0.2, 0.25) is 0 Å². The SMILES string of the molecule is FC(F)(F)C(F)(F)C(F)(F)c1c2nc(c(C(F)(F)C(F)(F)C(F)(F)F)c3[nH]c(c(Cl)c3Cl)c(C(F)(F)C(F)(F)C(F)(F)F)c3nc(c(C(F)(F)C(F)(F)C(F)(F)F)c4[nH]c1c(Cl)c4Cl)C(Cl)=C3Cl)C(Cl)=C2Cl. The van der Waals surface area contributed by atoms with Gasteiger partial charge < -0.3 is 9.97 Å². The molecule has 2 aliphatic rings. The maximum absolute atomic E-state index is 16.2. The Bertz CT molecular complexity index is 2640. The zero-order valence-electron chi connectivity index (χ0n) is 31.5. The molecule has 2 aliphatic heterocycles. The van der Waals surface area contributed by atoms with Gasteiger partial charge in [-0.15, -0.1) is 0 Å². The van der Waals surface area contributed by atoms with Crippen LogP contribution in [-0.2, 0) is 23.7 Å². The summed E-state index contributed by atoms with van der Waals surface area (Å²) in [5.74, 6) is -61.2. The Morgan fingerprint density at radius 2 is 0.389 bits per heavy atom. The number of alkyl halides is 28. The van der Waals surface area contributed by atoms with Gasteiger partial charge in [0.05, 0.1) is 107 Å². The summed E-state index contributed by atoms with van der Waals surface area (Å²) in [6.45, 7) is 0. The maximum atomic E-state index is 16.2. The van der Waals surface area contributed by atoms with Gasteiger partial charge >= 0.3 is 72.1 Å². The number of nitrogens with zero attached hydrogens (tertiary/aromatic N) is 2. The lowest BCUT2D eigenvalue weighted by molar-refractivity contribution is -0.359. The van der Waals surface area contributed by atoms with Crippen LogP contribution in [0.2, 0.25) is 20.1 Å². The van der Waals surface area contributed by atoms with Crippen LogP contribution in [0.5, 0.6) is 0 Å². The van der Waals surface area contributed by atoms with Crippen molar-refractivity contribution in [1.29, 1.82) is 0 Å². The minimum absolute atomic E-state index is 0.694. The molecule has 402 valence electrons. The second kappa shape index (κ2) is 17.2. The number of hydrogen-bond acceptors (Lipinski definition) is 2. The Hall–Kier alpha value is -3.04. The molecule has 0 aromatic carbocycles. The van der Waals surface area contributed by atoms with Crippen molar-refractivity contribution >= 4 is 135 Å². The molecule has 5 heterocycles. The molecule has 4 nitrogen and oxygen atoms in total. The predicted molar refractivity (Wildman–Crippen MR) is 198 cm³/mol. The average molecular weight is 1260 g/mol. The molecule has 72 heavy (non-hydrogen) atoms. The highest BCUT2D eigenvalue weighted by atomic mass is 35.5. The third-order valence-corrected chi connectivity index (χ3v) is 13.0. The molecule has 3 aromatic rings. The zero-order chi connectivity index (χ0) is 56.4. The fraction of sp³-hybridized carbons (Fsp3) is 0.375. The van der Waals surface area contributed by atoms with E-state index in [4.69, 9.17) is 92.8 Å². The smallest absolute Gasteiger partial charge is 0.352 e. The molecule has 0 radical (unpaired) electrons. The van der Waals surface area contributed by atoms with E-state index < -0.39 is 179 Å². The Morgan fingerprint density at radius 1 is 0.250 bits per heavy atom. The normalized spacial score (nSPS) is 15.9. The van der Waals surface area contributed by atoms with E-state index in [1.165, 1.54) is 0 Å². The lowest BCUT2D eigenvalue weighted by Crippen LogP contribution is -2.50. The molecule has 0 unspecified atom stereocenters. The van der Waals surface area contributed by atoms with E-state index in [1.54, 1.807) is 0 Å². The van der Waals surface area contributed by atoms with Crippen molar-refractivity contribution in [3.05, 3.63) is 65.1 Å². The van der Waals surface area contributed by atoms with Crippen molar-refractivity contribution in [2.75, 3.05) is 0 Å². The van der Waals surface area contributed by atoms with Crippen molar-refractivity contribution in [3.63, 3.8) is 0 Å². The highest BCUT2D eigenvalue weighted by Gasteiger charge is 2.78. The number of aromatic nitrogens is 4. The number of hydrogen-bond donors (Lipinski definition) is 2. The summed E-state index contributed by atoms with van der Waals surface area (Å²) in [5, 5.41) is -20.1. The van der Waals surface area contributed by atoms with E-state index in [2.05, 4.69) is 9.97 Å². The molecule has 0 spiro atoms. The molecule has 0 amide bonds. The number of H-pyrrole nitrogens is 2. The van der Waals surface area contributed by atoms with Gasteiger partial charge in [-0.3, -0.25) is 0 Å². The quantitative estimate of drug-likeness (QED) is 0.221. The predicted octanol–water partition coefficient (Wildman–Crippen LogP) is 18.7. The molecular weight excluding hydrogens is 1260 g/mol. The van der Waals surface area contributed by atoms with Crippen LogP contribution >= 0.6 is 92.8 Å². The number of fused-ring (bicyclic) bond motifs is 8. The van der Waals surface area contributed by atoms with Crippen LogP contribution in [0.1, 0.15) is 45.0 Å². The van der Waals surface area contributed by atoms with Crippen molar-refractivity contribution in [2.45, 2.75) is 72.1 Å². The fourth-order valence-corrected chi connectivity index (χ4v) is 7.98. The molecule has 0 saturated carbocycles. The summed E-state index contributed by atoms with van der Waals surface area (Å²) in [5.41, 5.74) is -38.1. The first-order chi connectivity index (χ1) is 31.7. The van der Waals surface area contributed by atoms with Crippen LogP contribution in [0.3, 0.4) is 0 Å². The van der Waals surface area contributed by atoms with E-state index in [0.717, 1.165) is 0 Å². The lowest BCUT2D eigenvalue weighted by atomic mass is 9.99. The highest BCUT2D eigenvalue weighted by molar-refractivity contribution is 6.67. The van der Waals surface area contributed by atoms with Gasteiger partial charge in [0, 0.05) is 0 Å². The van der Waals surface area contributed by atoms with Gasteiger partial charge in [0.25, 0.3) is 0 Å². The summed E-state index contributed by atoms with van der Waals surface area (Å²) in [4.78, 5) is 6.40. The number of aromatic amines is 2. The third kappa shape index (κ3) is 8.16. The lowest BCUT2D eigenvalue weighted by Gasteiger charge is -2.29. The van der Waals surface area contributed by atoms with Crippen molar-refractivity contribution in [3.8, 4) is 0 Å². The van der Waals surface area contributed by atoms with Gasteiger partial charge in [0.1, 0.15) is 0 Å². The van der Waals surface area contributed by atoms with Gasteiger partial charge in [0.15, 0.2) is 0 Å². The second-order valence-electron chi connectivity index (χ2n) is 14.0. The van der Waals surface area contributed by atoms with Gasteiger partial charge in [-0.05, 0) is 0 Å². The van der Waals surface area contributed by atoms with Gasteiger partial charge in [-0.1, -0.05) is 92.8 Å². The molecule has 40 heteroatoms. The number of halogens is 36. The average Bonchev–Trinajstić information content (AvgIpc) is 3.84. The summed E-state index contributed by atoms with van der Waals surface area (Å²) < 4.78 is 415. The third-order valence-electron chi connectivity index (χ3n) is 9.63. The highest BCUT2D eigenvalue weighted by Crippen LogP contribution is 2.63. The van der Waals surface area contributed by atoms with Crippen LogP contribution in [-0.4, -0.2) is 68.3 Å². The van der Waals surface area contributed by atoms with E-state index in [-0.39, 0.29) is 0 Å². The Kier molecular flexibility index (Phi) is 14.3. The first-order valence-electron chi connectivity index (χ1n) is 16.7. The largest absolute Gasteiger partial charge is 0.460 e. The molecule has 0 atom stereocenters. The molecule has 2 N–H and O–H groups in total. The molecule has 3 aromatic heterocycles. The van der Waals surface area contributed by atoms with Crippen LogP contribution in [0.25, 0.3) is 42.2 Å². The summed E-state index contributed by atoms with van der Waals surface area (Å²) >= 11 is 45.3. The second-order valence-corrected chi connectivity index (χ2v) is 17.0. The molecule has 0 aliphatic carbocycles. The molecule has 0 saturated heterocycles. The monoisotopic (exact) mass is 1250 g/mol. The molecule has 5 rings (SSSR count). The van der Waals surface area contributed by atoms with Gasteiger partial charge in [-0.2, -0.15) is 123 Å². The standard InChI is InChI=1S/C32H2Cl8F28N4/c33-5-7(35)15-2(22(43,44)26(51,52)30(60,61)62)17-9(37)11(39)19(71-17)4(24(47,48)28(55,56)32(66,67)68)20-12(40)10(38)18(72-20)3(23(45,46)27(53,54)31(63,64)65)16-8(36)6(34)14(70-16)1(13(5)69-15)21(41,42)25(49,50)29(57,58)59/h69,72H. The van der Waals surface area contributed by atoms with E-state index in [0.29, 0.717) is 9.97 Å². The topological polar surface area (TPSA) is 57.4 Å². The Labute approximate surface area is 413 Å². The van der Waals surface area contributed by atoms with Crippen molar-refractivity contribution in [1.82, 2.24) is 19.9 Å². The van der Waals surface area contributed by atoms with Crippen LogP contribution in [0, 0.1) is 0 Å². The summed E-state index contributed by atoms with van der Waals surface area (Å²) in [6, 6.07) is 0. The molecule has 0 fully saturated rings. The van der Waals surface area contributed by atoms with Crippen molar-refractivity contribution < 1.29 is 123 Å². The minimum atomic E-state index is -7.83. The summed E-state index contributed by atoms with van der Waals surface area (Å²) in [7, 11) is 0. The van der Waals surface area contributed by atoms with Crippen LogP contribution in [0.4, 0.5) is 123 Å². The molecular formula is C32H2Cl8F28N4. The Balaban J connectivity index is 2.49. The maximum Gasteiger partial charge on any atom is 0.460 e. The number of rotatable bonds is 8. The fourth-order valence-electron chi connectivity index (χ4n) is 6.13. The number of nitrogens with one attached hydrogen (secondary N) is 2. The van der Waals surface area contributed by atoms with E-state index in [1.807, 2.05) is 0 Å². The Morgan fingerprint density at radius 3 is 0.514 bits per heavy atom.